The summed E-state index contributed by atoms with van der Waals surface area (Å²) < 4.78 is 11.2. The predicted molar refractivity (Wildman–Crippen MR) is 84.4 cm³/mol. The molecule has 0 radical (unpaired) electrons. The minimum atomic E-state index is -0.956. The lowest BCUT2D eigenvalue weighted by Gasteiger charge is -2.20. The first kappa shape index (κ1) is 17.4. The highest BCUT2D eigenvalue weighted by Gasteiger charge is 2.14. The van der Waals surface area contributed by atoms with Crippen molar-refractivity contribution >= 4 is 22.6 Å². The van der Waals surface area contributed by atoms with Gasteiger partial charge in [-0.05, 0) is 38.5 Å². The third-order valence-corrected chi connectivity index (χ3v) is 3.22. The zero-order valence-electron chi connectivity index (χ0n) is 12.9. The standard InChI is InChI=1S/C15H22N2O3S/c1-15(2,3)17-13(18)9-16-14(19)12-7-5-6-11(8-12)10-21(4)20/h5-8H,9-10H2,1-4H3,(H,16,19)(H,17,18). The number of amides is 2. The molecule has 0 aliphatic carbocycles. The van der Waals surface area contributed by atoms with Crippen molar-refractivity contribution in [3.05, 3.63) is 35.4 Å². The molecule has 0 bridgehead atoms. The van der Waals surface area contributed by atoms with Crippen molar-refractivity contribution in [2.45, 2.75) is 32.1 Å². The fourth-order valence-electron chi connectivity index (χ4n) is 1.76. The number of carbonyl (C=O) groups excluding carboxylic acids is 2. The third kappa shape index (κ3) is 7.04. The molecule has 6 heteroatoms. The van der Waals surface area contributed by atoms with E-state index in [2.05, 4.69) is 10.6 Å². The van der Waals surface area contributed by atoms with E-state index in [0.29, 0.717) is 11.3 Å². The summed E-state index contributed by atoms with van der Waals surface area (Å²) in [6.07, 6.45) is 1.61. The van der Waals surface area contributed by atoms with Crippen LogP contribution in [0.25, 0.3) is 0 Å². The van der Waals surface area contributed by atoms with Gasteiger partial charge < -0.3 is 10.6 Å². The van der Waals surface area contributed by atoms with Crippen LogP contribution in [-0.4, -0.2) is 34.4 Å². The van der Waals surface area contributed by atoms with Crippen molar-refractivity contribution in [1.29, 1.82) is 0 Å². The van der Waals surface area contributed by atoms with Crippen molar-refractivity contribution in [3.63, 3.8) is 0 Å². The summed E-state index contributed by atoms with van der Waals surface area (Å²) in [5, 5.41) is 5.34. The van der Waals surface area contributed by atoms with E-state index in [-0.39, 0.29) is 23.9 Å². The zero-order valence-corrected chi connectivity index (χ0v) is 13.7. The second kappa shape index (κ2) is 7.36. The van der Waals surface area contributed by atoms with Crippen molar-refractivity contribution in [1.82, 2.24) is 10.6 Å². The highest BCUT2D eigenvalue weighted by atomic mass is 32.2. The summed E-state index contributed by atoms with van der Waals surface area (Å²) in [5.41, 5.74) is 0.969. The lowest BCUT2D eigenvalue weighted by molar-refractivity contribution is -0.121. The van der Waals surface area contributed by atoms with E-state index in [1.54, 1.807) is 24.5 Å². The maximum Gasteiger partial charge on any atom is 0.251 e. The molecule has 1 aromatic rings. The zero-order chi connectivity index (χ0) is 16.0. The van der Waals surface area contributed by atoms with Crippen LogP contribution in [0.1, 0.15) is 36.7 Å². The predicted octanol–water partition coefficient (Wildman–Crippen LogP) is 1.21. The highest BCUT2D eigenvalue weighted by molar-refractivity contribution is 7.83. The molecule has 1 rings (SSSR count). The molecule has 0 fully saturated rings. The molecular formula is C15H22N2O3S. The number of carbonyl (C=O) groups is 2. The third-order valence-electron chi connectivity index (χ3n) is 2.48. The Labute approximate surface area is 128 Å². The molecule has 1 atom stereocenters. The van der Waals surface area contributed by atoms with E-state index in [4.69, 9.17) is 0 Å². The van der Waals surface area contributed by atoms with E-state index in [1.807, 2.05) is 26.8 Å². The monoisotopic (exact) mass is 310 g/mol. The fraction of sp³-hybridized carbons (Fsp3) is 0.467. The Kier molecular flexibility index (Phi) is 6.08. The van der Waals surface area contributed by atoms with Crippen LogP contribution < -0.4 is 10.6 Å². The molecule has 2 N–H and O–H groups in total. The van der Waals surface area contributed by atoms with Gasteiger partial charge in [-0.3, -0.25) is 13.8 Å². The van der Waals surface area contributed by atoms with Gasteiger partial charge in [-0.15, -0.1) is 0 Å². The van der Waals surface area contributed by atoms with Crippen LogP contribution in [0.15, 0.2) is 24.3 Å². The highest BCUT2D eigenvalue weighted by Crippen LogP contribution is 2.07. The van der Waals surface area contributed by atoms with Crippen LogP contribution in [-0.2, 0) is 21.3 Å². The Balaban J connectivity index is 2.60. The van der Waals surface area contributed by atoms with Gasteiger partial charge in [0, 0.05) is 33.9 Å². The van der Waals surface area contributed by atoms with Gasteiger partial charge in [0.15, 0.2) is 0 Å². The molecule has 0 heterocycles. The fourth-order valence-corrected chi connectivity index (χ4v) is 2.41. The summed E-state index contributed by atoms with van der Waals surface area (Å²) in [6.45, 7) is 5.56. The van der Waals surface area contributed by atoms with Gasteiger partial charge in [-0.1, -0.05) is 12.1 Å². The molecule has 0 spiro atoms. The van der Waals surface area contributed by atoms with E-state index in [0.717, 1.165) is 5.56 Å². The molecule has 0 aromatic heterocycles. The van der Waals surface area contributed by atoms with Crippen LogP contribution in [0.3, 0.4) is 0 Å². The molecule has 2 amide bonds. The van der Waals surface area contributed by atoms with Crippen molar-refractivity contribution < 1.29 is 13.8 Å². The minimum Gasteiger partial charge on any atom is -0.350 e. The van der Waals surface area contributed by atoms with Crippen LogP contribution in [0.2, 0.25) is 0 Å². The normalized spacial score (nSPS) is 12.6. The summed E-state index contributed by atoms with van der Waals surface area (Å²) in [7, 11) is -0.956. The Bertz CT molecular complexity index is 550. The Morgan fingerprint density at radius 1 is 1.24 bits per heavy atom. The quantitative estimate of drug-likeness (QED) is 0.858. The molecule has 1 unspecified atom stereocenters. The summed E-state index contributed by atoms with van der Waals surface area (Å²) in [5.74, 6) is -0.143. The van der Waals surface area contributed by atoms with Crippen molar-refractivity contribution in [3.8, 4) is 0 Å². The second-order valence-corrected chi connectivity index (χ2v) is 7.33. The SMILES string of the molecule is CS(=O)Cc1cccc(C(=O)NCC(=O)NC(C)(C)C)c1. The van der Waals surface area contributed by atoms with E-state index >= 15 is 0 Å². The summed E-state index contributed by atoms with van der Waals surface area (Å²) in [4.78, 5) is 23.6. The van der Waals surface area contributed by atoms with E-state index in [1.165, 1.54) is 0 Å². The Morgan fingerprint density at radius 2 is 1.90 bits per heavy atom. The number of benzene rings is 1. The van der Waals surface area contributed by atoms with Gasteiger partial charge in [-0.2, -0.15) is 0 Å². The molecule has 0 saturated carbocycles. The molecule has 21 heavy (non-hydrogen) atoms. The smallest absolute Gasteiger partial charge is 0.251 e. The van der Waals surface area contributed by atoms with Gasteiger partial charge in [0.25, 0.3) is 5.91 Å². The van der Waals surface area contributed by atoms with Crippen LogP contribution in [0.4, 0.5) is 0 Å². The second-order valence-electron chi connectivity index (χ2n) is 5.90. The number of nitrogens with one attached hydrogen (secondary N) is 2. The van der Waals surface area contributed by atoms with Crippen LogP contribution in [0.5, 0.6) is 0 Å². The van der Waals surface area contributed by atoms with Gasteiger partial charge in [-0.25, -0.2) is 0 Å². The average molecular weight is 310 g/mol. The molecule has 5 nitrogen and oxygen atoms in total. The first-order valence-corrected chi connectivity index (χ1v) is 8.38. The van der Waals surface area contributed by atoms with Crippen molar-refractivity contribution in [2.24, 2.45) is 0 Å². The first-order chi connectivity index (χ1) is 9.67. The minimum absolute atomic E-state index is 0.0694. The van der Waals surface area contributed by atoms with Gasteiger partial charge in [0.2, 0.25) is 5.91 Å². The Hall–Kier alpha value is -1.69. The van der Waals surface area contributed by atoms with Gasteiger partial charge in [0.05, 0.1) is 6.54 Å². The molecule has 1 aromatic carbocycles. The van der Waals surface area contributed by atoms with E-state index < -0.39 is 10.8 Å². The van der Waals surface area contributed by atoms with Crippen LogP contribution in [0, 0.1) is 0 Å². The average Bonchev–Trinajstić information content (AvgIpc) is 2.33. The molecule has 0 saturated heterocycles. The van der Waals surface area contributed by atoms with Gasteiger partial charge >= 0.3 is 0 Å². The largest absolute Gasteiger partial charge is 0.350 e. The van der Waals surface area contributed by atoms with Crippen molar-refractivity contribution in [2.75, 3.05) is 12.8 Å². The van der Waals surface area contributed by atoms with Crippen LogP contribution >= 0.6 is 0 Å². The molecule has 0 aliphatic rings. The molecule has 116 valence electrons. The topological polar surface area (TPSA) is 75.3 Å². The van der Waals surface area contributed by atoms with E-state index in [9.17, 15) is 13.8 Å². The molecular weight excluding hydrogens is 288 g/mol. The lowest BCUT2D eigenvalue weighted by atomic mass is 10.1. The molecule has 0 aliphatic heterocycles. The maximum atomic E-state index is 12.0. The summed E-state index contributed by atoms with van der Waals surface area (Å²) in [6, 6.07) is 6.92. The number of rotatable bonds is 5. The Morgan fingerprint density at radius 3 is 2.48 bits per heavy atom. The number of hydrogen-bond acceptors (Lipinski definition) is 3. The lowest BCUT2D eigenvalue weighted by Crippen LogP contribution is -2.45. The first-order valence-electron chi connectivity index (χ1n) is 6.65. The maximum absolute atomic E-state index is 12.0. The van der Waals surface area contributed by atoms with Gasteiger partial charge in [0.1, 0.15) is 0 Å². The number of hydrogen-bond donors (Lipinski definition) is 2. The summed E-state index contributed by atoms with van der Waals surface area (Å²) >= 11 is 0.